The summed E-state index contributed by atoms with van der Waals surface area (Å²) >= 11 is 1.42. The van der Waals surface area contributed by atoms with Gasteiger partial charge in [0.15, 0.2) is 0 Å². The van der Waals surface area contributed by atoms with Crippen LogP contribution in [0.4, 0.5) is 9.93 Å². The van der Waals surface area contributed by atoms with Crippen molar-refractivity contribution in [2.75, 3.05) is 12.4 Å². The van der Waals surface area contributed by atoms with Crippen molar-refractivity contribution >= 4 is 28.5 Å². The number of hydrogen-bond acceptors (Lipinski definition) is 6. The minimum Gasteiger partial charge on any atom is -0.469 e. The van der Waals surface area contributed by atoms with Gasteiger partial charge < -0.3 is 10.1 Å². The fourth-order valence-electron chi connectivity index (χ4n) is 3.28. The van der Waals surface area contributed by atoms with E-state index in [1.807, 2.05) is 30.3 Å². The van der Waals surface area contributed by atoms with E-state index in [9.17, 15) is 9.59 Å². The number of urea groups is 1. The number of amides is 2. The monoisotopic (exact) mass is 388 g/mol. The highest BCUT2D eigenvalue weighted by atomic mass is 32.1. The normalized spacial score (nSPS) is 15.7. The first-order valence-electron chi connectivity index (χ1n) is 9.18. The topological polar surface area (TPSA) is 93.2 Å². The average Bonchev–Trinajstić information content (AvgIpc) is 3.17. The predicted octanol–water partition coefficient (Wildman–Crippen LogP) is 4.01. The Labute approximate surface area is 162 Å². The van der Waals surface area contributed by atoms with Crippen LogP contribution in [0, 0.1) is 0 Å². The fraction of sp³-hybridized carbons (Fsp3) is 0.474. The molecule has 0 saturated heterocycles. The number of carbonyl (C=O) groups is 2. The molecule has 1 aromatic heterocycles. The summed E-state index contributed by atoms with van der Waals surface area (Å²) in [7, 11) is 1.33. The van der Waals surface area contributed by atoms with E-state index in [1.165, 1.54) is 37.7 Å². The molecule has 1 fully saturated rings. The summed E-state index contributed by atoms with van der Waals surface area (Å²) in [6.45, 7) is 0. The number of rotatable bonds is 6. The lowest BCUT2D eigenvalue weighted by molar-refractivity contribution is -0.141. The van der Waals surface area contributed by atoms with Crippen molar-refractivity contribution in [1.29, 1.82) is 0 Å². The van der Waals surface area contributed by atoms with Crippen molar-refractivity contribution in [3.05, 3.63) is 40.9 Å². The second kappa shape index (κ2) is 9.45. The third-order valence-electron chi connectivity index (χ3n) is 4.72. The molecule has 144 valence electrons. The van der Waals surface area contributed by atoms with E-state index < -0.39 is 12.1 Å². The Morgan fingerprint density at radius 3 is 2.63 bits per heavy atom. The van der Waals surface area contributed by atoms with E-state index in [2.05, 4.69) is 20.8 Å². The van der Waals surface area contributed by atoms with Crippen LogP contribution >= 0.6 is 11.3 Å². The molecule has 0 unspecified atom stereocenters. The Kier molecular flexibility index (Phi) is 6.75. The molecule has 1 heterocycles. The van der Waals surface area contributed by atoms with Gasteiger partial charge in [-0.3, -0.25) is 10.1 Å². The van der Waals surface area contributed by atoms with Crippen LogP contribution in [0.1, 0.15) is 61.1 Å². The van der Waals surface area contributed by atoms with Crippen molar-refractivity contribution in [3.8, 4) is 0 Å². The van der Waals surface area contributed by atoms with E-state index in [0.29, 0.717) is 11.0 Å². The second-order valence-corrected chi connectivity index (χ2v) is 7.63. The minimum absolute atomic E-state index is 0.0530. The van der Waals surface area contributed by atoms with Gasteiger partial charge in [-0.1, -0.05) is 60.9 Å². The number of carbonyl (C=O) groups excluding carboxylic acids is 2. The first-order chi connectivity index (χ1) is 13.2. The zero-order valence-electron chi connectivity index (χ0n) is 15.3. The highest BCUT2D eigenvalue weighted by molar-refractivity contribution is 7.15. The van der Waals surface area contributed by atoms with Crippen molar-refractivity contribution in [1.82, 2.24) is 15.5 Å². The first-order valence-corrected chi connectivity index (χ1v) is 10.00. The lowest BCUT2D eigenvalue weighted by atomic mass is 9.90. The molecule has 1 saturated carbocycles. The summed E-state index contributed by atoms with van der Waals surface area (Å²) in [5.74, 6) is 0.0610. The molecular weight excluding hydrogens is 364 g/mol. The summed E-state index contributed by atoms with van der Waals surface area (Å²) in [5.41, 5.74) is 0.832. The lowest BCUT2D eigenvalue weighted by Crippen LogP contribution is -2.34. The summed E-state index contributed by atoms with van der Waals surface area (Å²) in [4.78, 5) is 24.1. The van der Waals surface area contributed by atoms with E-state index in [-0.39, 0.29) is 12.4 Å². The minimum atomic E-state index is -0.482. The van der Waals surface area contributed by atoms with E-state index >= 15 is 0 Å². The van der Waals surface area contributed by atoms with Crippen molar-refractivity contribution in [2.45, 2.75) is 50.5 Å². The van der Waals surface area contributed by atoms with Gasteiger partial charge in [-0.2, -0.15) is 0 Å². The molecule has 0 radical (unpaired) electrons. The van der Waals surface area contributed by atoms with Crippen molar-refractivity contribution < 1.29 is 14.3 Å². The van der Waals surface area contributed by atoms with Gasteiger partial charge in [0.25, 0.3) is 0 Å². The smallest absolute Gasteiger partial charge is 0.321 e. The number of nitrogens with zero attached hydrogens (tertiary/aromatic N) is 2. The maximum atomic E-state index is 12.4. The first kappa shape index (κ1) is 19.3. The SMILES string of the molecule is COC(=O)C[C@H](NC(=O)Nc1nnc(C2CCCCC2)s1)c1ccccc1. The number of ether oxygens (including phenoxy) is 1. The summed E-state index contributed by atoms with van der Waals surface area (Å²) in [5, 5.41) is 15.4. The Morgan fingerprint density at radius 1 is 1.19 bits per heavy atom. The van der Waals surface area contributed by atoms with E-state index in [0.717, 1.165) is 23.4 Å². The molecular formula is C19H24N4O3S. The van der Waals surface area contributed by atoms with Gasteiger partial charge >= 0.3 is 12.0 Å². The van der Waals surface area contributed by atoms with Crippen LogP contribution in [0.15, 0.2) is 30.3 Å². The summed E-state index contributed by atoms with van der Waals surface area (Å²) < 4.78 is 4.74. The van der Waals surface area contributed by atoms with Gasteiger partial charge in [-0.25, -0.2) is 4.79 Å². The van der Waals surface area contributed by atoms with Gasteiger partial charge in [-0.05, 0) is 18.4 Å². The maximum Gasteiger partial charge on any atom is 0.321 e. The molecule has 2 amide bonds. The zero-order valence-corrected chi connectivity index (χ0v) is 16.1. The summed E-state index contributed by atoms with van der Waals surface area (Å²) in [6, 6.07) is 8.43. The number of esters is 1. The molecule has 3 rings (SSSR count). The standard InChI is InChI=1S/C19H24N4O3S/c1-26-16(24)12-15(13-8-4-2-5-9-13)20-18(25)21-19-23-22-17(27-19)14-10-6-3-7-11-14/h2,4-5,8-9,14-15H,3,6-7,10-12H2,1H3,(H2,20,21,23,25)/t15-/m0/s1. The van der Waals surface area contributed by atoms with Gasteiger partial charge in [-0.15, -0.1) is 10.2 Å². The van der Waals surface area contributed by atoms with Crippen LogP contribution in [0.2, 0.25) is 0 Å². The van der Waals surface area contributed by atoms with Gasteiger partial charge in [0.1, 0.15) is 5.01 Å². The van der Waals surface area contributed by atoms with Crippen molar-refractivity contribution in [3.63, 3.8) is 0 Å². The summed E-state index contributed by atoms with van der Waals surface area (Å²) in [6.07, 6.45) is 6.05. The van der Waals surface area contributed by atoms with E-state index in [4.69, 9.17) is 4.74 Å². The molecule has 1 aliphatic rings. The van der Waals surface area contributed by atoms with Crippen molar-refractivity contribution in [2.24, 2.45) is 0 Å². The molecule has 27 heavy (non-hydrogen) atoms. The number of anilines is 1. The quantitative estimate of drug-likeness (QED) is 0.729. The van der Waals surface area contributed by atoms with Gasteiger partial charge in [0.2, 0.25) is 5.13 Å². The number of benzene rings is 1. The van der Waals surface area contributed by atoms with Gasteiger partial charge in [0, 0.05) is 5.92 Å². The number of methoxy groups -OCH3 is 1. The number of nitrogens with one attached hydrogen (secondary N) is 2. The molecule has 0 aliphatic heterocycles. The fourth-order valence-corrected chi connectivity index (χ4v) is 4.19. The Morgan fingerprint density at radius 2 is 1.93 bits per heavy atom. The Bertz CT molecular complexity index is 759. The molecule has 0 bridgehead atoms. The molecule has 7 nitrogen and oxygen atoms in total. The average molecular weight is 388 g/mol. The van der Waals surface area contributed by atoms with Crippen LogP contribution in [0.25, 0.3) is 0 Å². The maximum absolute atomic E-state index is 12.4. The van der Waals surface area contributed by atoms with Crippen LogP contribution in [0.5, 0.6) is 0 Å². The molecule has 1 aliphatic carbocycles. The molecule has 2 aromatic rings. The number of hydrogen-bond donors (Lipinski definition) is 2. The molecule has 8 heteroatoms. The molecule has 2 N–H and O–H groups in total. The van der Waals surface area contributed by atoms with Crippen LogP contribution < -0.4 is 10.6 Å². The Hall–Kier alpha value is -2.48. The zero-order chi connectivity index (χ0) is 19.1. The highest BCUT2D eigenvalue weighted by Crippen LogP contribution is 2.35. The van der Waals surface area contributed by atoms with Crippen LogP contribution in [-0.4, -0.2) is 29.3 Å². The largest absolute Gasteiger partial charge is 0.469 e. The van der Waals surface area contributed by atoms with Crippen LogP contribution in [0.3, 0.4) is 0 Å². The molecule has 1 aromatic carbocycles. The lowest BCUT2D eigenvalue weighted by Gasteiger charge is -2.18. The Balaban J connectivity index is 1.62. The predicted molar refractivity (Wildman–Crippen MR) is 104 cm³/mol. The second-order valence-electron chi connectivity index (χ2n) is 6.62. The van der Waals surface area contributed by atoms with Gasteiger partial charge in [0.05, 0.1) is 19.6 Å². The third kappa shape index (κ3) is 5.50. The molecule has 0 spiro atoms. The number of aromatic nitrogens is 2. The van der Waals surface area contributed by atoms with Crippen LogP contribution in [-0.2, 0) is 9.53 Å². The highest BCUT2D eigenvalue weighted by Gasteiger charge is 2.22. The molecule has 1 atom stereocenters. The van der Waals surface area contributed by atoms with E-state index in [1.54, 1.807) is 0 Å². The third-order valence-corrected chi connectivity index (χ3v) is 5.72.